The van der Waals surface area contributed by atoms with Gasteiger partial charge >= 0.3 is 0 Å². The molecule has 25 heavy (non-hydrogen) atoms. The molecule has 0 unspecified atom stereocenters. The molecule has 0 bridgehead atoms. The molecule has 0 aliphatic heterocycles. The maximum Gasteiger partial charge on any atom is 0.184 e. The van der Waals surface area contributed by atoms with Crippen molar-refractivity contribution < 1.29 is 9.84 Å². The molecule has 1 fully saturated rings. The number of anilines is 1. The highest BCUT2D eigenvalue weighted by Crippen LogP contribution is 2.33. The number of hydrogen-bond donors (Lipinski definition) is 2. The van der Waals surface area contributed by atoms with Crippen LogP contribution in [0.1, 0.15) is 25.7 Å². The summed E-state index contributed by atoms with van der Waals surface area (Å²) in [6.45, 7) is 0. The Kier molecular flexibility index (Phi) is 4.74. The fraction of sp³-hybridized carbons (Fsp3) is 0.333. The summed E-state index contributed by atoms with van der Waals surface area (Å²) in [5.41, 5.74) is 0.915. The first-order valence-electron chi connectivity index (χ1n) is 8.32. The number of halogens is 1. The number of aliphatic hydroxyl groups is 1. The Bertz CT molecular complexity index is 886. The van der Waals surface area contributed by atoms with Crippen LogP contribution >= 0.6 is 22.9 Å². The van der Waals surface area contributed by atoms with Crippen LogP contribution in [0, 0.1) is 0 Å². The van der Waals surface area contributed by atoms with Crippen molar-refractivity contribution in [1.82, 2.24) is 9.97 Å². The van der Waals surface area contributed by atoms with E-state index < -0.39 is 0 Å². The lowest BCUT2D eigenvalue weighted by Gasteiger charge is -2.27. The molecule has 0 spiro atoms. The second-order valence-electron chi connectivity index (χ2n) is 6.17. The number of thiazole rings is 1. The van der Waals surface area contributed by atoms with Gasteiger partial charge in [0.25, 0.3) is 0 Å². The maximum atomic E-state index is 10.1. The minimum absolute atomic E-state index is 0.0870. The molecule has 1 aliphatic carbocycles. The first kappa shape index (κ1) is 16.6. The molecule has 2 aromatic heterocycles. The highest BCUT2D eigenvalue weighted by Gasteiger charge is 2.23. The van der Waals surface area contributed by atoms with Gasteiger partial charge in [0.05, 0.1) is 22.4 Å². The molecule has 0 radical (unpaired) electrons. The summed E-state index contributed by atoms with van der Waals surface area (Å²) in [6, 6.07) is 9.31. The largest absolute Gasteiger partial charge is 0.457 e. The standard InChI is InChI=1S/C18H18ClN3O2S/c19-17-10-12(7-8-20-17)24-11-5-6-14-16(9-11)25-18(22-14)21-13-3-1-2-4-15(13)23/h5-10,13,15,23H,1-4H2,(H,21,22)/t13-,15-/m1/s1. The SMILES string of the molecule is O[C@@H]1CCCC[C@H]1Nc1nc2ccc(Oc3ccnc(Cl)c3)cc2s1. The number of hydrogen-bond acceptors (Lipinski definition) is 6. The van der Waals surface area contributed by atoms with Crippen molar-refractivity contribution in [2.24, 2.45) is 0 Å². The lowest BCUT2D eigenvalue weighted by molar-refractivity contribution is 0.116. The number of pyridine rings is 1. The van der Waals surface area contributed by atoms with E-state index in [9.17, 15) is 5.11 Å². The number of nitrogens with zero attached hydrogens (tertiary/aromatic N) is 2. The Morgan fingerprint density at radius 1 is 1.16 bits per heavy atom. The minimum Gasteiger partial charge on any atom is -0.457 e. The van der Waals surface area contributed by atoms with Gasteiger partial charge in [-0.2, -0.15) is 0 Å². The summed E-state index contributed by atoms with van der Waals surface area (Å²) in [4.78, 5) is 8.56. The highest BCUT2D eigenvalue weighted by molar-refractivity contribution is 7.22. The molecule has 130 valence electrons. The number of aliphatic hydroxyl groups excluding tert-OH is 1. The van der Waals surface area contributed by atoms with Gasteiger partial charge in [-0.25, -0.2) is 9.97 Å². The van der Waals surface area contributed by atoms with Crippen LogP contribution in [0.3, 0.4) is 0 Å². The van der Waals surface area contributed by atoms with Gasteiger partial charge < -0.3 is 15.2 Å². The van der Waals surface area contributed by atoms with Crippen molar-refractivity contribution in [1.29, 1.82) is 0 Å². The second-order valence-corrected chi connectivity index (χ2v) is 7.59. The van der Waals surface area contributed by atoms with E-state index in [4.69, 9.17) is 16.3 Å². The number of ether oxygens (including phenoxy) is 1. The van der Waals surface area contributed by atoms with Gasteiger partial charge in [-0.1, -0.05) is 35.8 Å². The fourth-order valence-electron chi connectivity index (χ4n) is 3.05. The Balaban J connectivity index is 1.52. The van der Waals surface area contributed by atoms with Crippen molar-refractivity contribution in [3.8, 4) is 11.5 Å². The van der Waals surface area contributed by atoms with Crippen LogP contribution in [0.15, 0.2) is 36.5 Å². The van der Waals surface area contributed by atoms with E-state index in [0.29, 0.717) is 10.9 Å². The zero-order chi connectivity index (χ0) is 17.2. The van der Waals surface area contributed by atoms with Gasteiger partial charge in [-0.05, 0) is 31.0 Å². The molecule has 5 nitrogen and oxygen atoms in total. The van der Waals surface area contributed by atoms with Crippen LogP contribution in [-0.2, 0) is 0 Å². The molecule has 1 aromatic carbocycles. The highest BCUT2D eigenvalue weighted by atomic mass is 35.5. The van der Waals surface area contributed by atoms with Crippen LogP contribution in [0.2, 0.25) is 5.15 Å². The summed E-state index contributed by atoms with van der Waals surface area (Å²) in [5.74, 6) is 1.37. The van der Waals surface area contributed by atoms with Crippen molar-refractivity contribution in [3.05, 3.63) is 41.7 Å². The lowest BCUT2D eigenvalue weighted by atomic mass is 9.93. The number of benzene rings is 1. The van der Waals surface area contributed by atoms with E-state index in [-0.39, 0.29) is 12.1 Å². The van der Waals surface area contributed by atoms with E-state index in [1.165, 1.54) is 0 Å². The van der Waals surface area contributed by atoms with E-state index in [1.807, 2.05) is 18.2 Å². The smallest absolute Gasteiger partial charge is 0.184 e. The number of fused-ring (bicyclic) bond motifs is 1. The normalized spacial score (nSPS) is 20.6. The third-order valence-corrected chi connectivity index (χ3v) is 5.49. The van der Waals surface area contributed by atoms with Crippen LogP contribution in [0.4, 0.5) is 5.13 Å². The summed E-state index contributed by atoms with van der Waals surface area (Å²) >= 11 is 7.46. The Morgan fingerprint density at radius 2 is 2.00 bits per heavy atom. The first-order valence-corrected chi connectivity index (χ1v) is 9.51. The van der Waals surface area contributed by atoms with Crippen molar-refractivity contribution in [2.45, 2.75) is 37.8 Å². The molecule has 4 rings (SSSR count). The molecule has 0 amide bonds. The van der Waals surface area contributed by atoms with E-state index in [1.54, 1.807) is 29.7 Å². The predicted molar refractivity (Wildman–Crippen MR) is 101 cm³/mol. The van der Waals surface area contributed by atoms with Crippen LogP contribution in [0.5, 0.6) is 11.5 Å². The van der Waals surface area contributed by atoms with Crippen LogP contribution in [-0.4, -0.2) is 27.2 Å². The third kappa shape index (κ3) is 3.86. The average Bonchev–Trinajstić information content (AvgIpc) is 2.99. The molecule has 0 saturated heterocycles. The summed E-state index contributed by atoms with van der Waals surface area (Å²) in [7, 11) is 0. The monoisotopic (exact) mass is 375 g/mol. The molecular formula is C18H18ClN3O2S. The van der Waals surface area contributed by atoms with Crippen LogP contribution in [0.25, 0.3) is 10.2 Å². The Labute approximate surface area is 154 Å². The van der Waals surface area contributed by atoms with E-state index >= 15 is 0 Å². The van der Waals surface area contributed by atoms with Crippen molar-refractivity contribution in [2.75, 3.05) is 5.32 Å². The predicted octanol–water partition coefficient (Wildman–Crippen LogP) is 4.85. The van der Waals surface area contributed by atoms with Gasteiger partial charge in [0, 0.05) is 18.3 Å². The number of nitrogens with one attached hydrogen (secondary N) is 1. The molecule has 1 aliphatic rings. The third-order valence-electron chi connectivity index (χ3n) is 4.33. The summed E-state index contributed by atoms with van der Waals surface area (Å²) in [5, 5.41) is 14.7. The molecule has 2 atom stereocenters. The van der Waals surface area contributed by atoms with E-state index in [2.05, 4.69) is 15.3 Å². The molecule has 2 N–H and O–H groups in total. The summed E-state index contributed by atoms with van der Waals surface area (Å²) in [6.07, 6.45) is 5.39. The quantitative estimate of drug-likeness (QED) is 0.638. The Morgan fingerprint density at radius 3 is 2.84 bits per heavy atom. The average molecular weight is 376 g/mol. The van der Waals surface area contributed by atoms with Crippen molar-refractivity contribution >= 4 is 38.3 Å². The molecule has 1 saturated carbocycles. The van der Waals surface area contributed by atoms with Gasteiger partial charge in [-0.3, -0.25) is 0 Å². The topological polar surface area (TPSA) is 67.3 Å². The minimum atomic E-state index is -0.295. The summed E-state index contributed by atoms with van der Waals surface area (Å²) < 4.78 is 6.87. The fourth-order valence-corrected chi connectivity index (χ4v) is 4.17. The zero-order valence-electron chi connectivity index (χ0n) is 13.5. The second kappa shape index (κ2) is 7.15. The first-order chi connectivity index (χ1) is 12.2. The molecule has 2 heterocycles. The van der Waals surface area contributed by atoms with Gasteiger partial charge in [0.1, 0.15) is 16.7 Å². The van der Waals surface area contributed by atoms with E-state index in [0.717, 1.165) is 46.8 Å². The number of aromatic nitrogens is 2. The van der Waals surface area contributed by atoms with Gasteiger partial charge in [-0.15, -0.1) is 0 Å². The lowest BCUT2D eigenvalue weighted by Crippen LogP contribution is -2.36. The maximum absolute atomic E-state index is 10.1. The molecule has 3 aromatic rings. The van der Waals surface area contributed by atoms with Crippen molar-refractivity contribution in [3.63, 3.8) is 0 Å². The van der Waals surface area contributed by atoms with Gasteiger partial charge in [0.2, 0.25) is 0 Å². The molecular weight excluding hydrogens is 358 g/mol. The molecule has 7 heteroatoms. The van der Waals surface area contributed by atoms with Gasteiger partial charge in [0.15, 0.2) is 5.13 Å². The Hall–Kier alpha value is -1.89. The zero-order valence-corrected chi connectivity index (χ0v) is 15.1. The number of rotatable bonds is 4. The van der Waals surface area contributed by atoms with Crippen LogP contribution < -0.4 is 10.1 Å².